The van der Waals surface area contributed by atoms with Gasteiger partial charge in [-0.05, 0) is 55.8 Å². The van der Waals surface area contributed by atoms with Crippen LogP contribution in [-0.4, -0.2) is 24.9 Å². The molecular weight excluding hydrogens is 636 g/mol. The van der Waals surface area contributed by atoms with Crippen LogP contribution in [0.5, 0.6) is 0 Å². The lowest BCUT2D eigenvalue weighted by Crippen LogP contribution is -2.32. The molecule has 10 heteroatoms. The normalized spacial score (nSPS) is 18.1. The maximum Gasteiger partial charge on any atom is 0.260 e. The molecule has 0 saturated carbocycles. The summed E-state index contributed by atoms with van der Waals surface area (Å²) in [5.41, 5.74) is 3.14. The summed E-state index contributed by atoms with van der Waals surface area (Å²) >= 11 is 13.8. The summed E-state index contributed by atoms with van der Waals surface area (Å²) in [5, 5.41) is 0. The van der Waals surface area contributed by atoms with Crippen LogP contribution in [0.2, 0.25) is 0 Å². The number of carbonyl (C=O) groups is 2. The van der Waals surface area contributed by atoms with E-state index >= 15 is 0 Å². The minimum atomic E-state index is -0.0417. The molecule has 2 aliphatic heterocycles. The van der Waals surface area contributed by atoms with E-state index in [9.17, 15) is 9.59 Å². The van der Waals surface area contributed by atoms with E-state index in [0.29, 0.717) is 36.1 Å². The van der Waals surface area contributed by atoms with Crippen LogP contribution in [-0.2, 0) is 9.59 Å². The molecule has 6 rings (SSSR count). The molecule has 0 spiro atoms. The number of fused-ring (bicyclic) bond motifs is 6. The Hall–Kier alpha value is -1.04. The fourth-order valence-electron chi connectivity index (χ4n) is 4.71. The molecule has 4 aromatic heterocycles. The van der Waals surface area contributed by atoms with Gasteiger partial charge in [0.05, 0.1) is 49.2 Å². The van der Waals surface area contributed by atoms with E-state index in [0.717, 1.165) is 47.5 Å². The number of nitrogens with zero attached hydrogens (tertiary/aromatic N) is 2. The first-order valence-corrected chi connectivity index (χ1v) is 15.8. The van der Waals surface area contributed by atoms with Gasteiger partial charge in [0.1, 0.15) is 0 Å². The van der Waals surface area contributed by atoms with Crippen LogP contribution in [0.15, 0.2) is 19.7 Å². The highest BCUT2D eigenvalue weighted by atomic mass is 79.9. The van der Waals surface area contributed by atoms with Gasteiger partial charge in [-0.25, -0.2) is 0 Å². The Labute approximate surface area is 230 Å². The van der Waals surface area contributed by atoms with E-state index < -0.39 is 0 Å². The Morgan fingerprint density at radius 3 is 1.44 bits per heavy atom. The molecule has 2 aliphatic rings. The van der Waals surface area contributed by atoms with Crippen LogP contribution in [0.3, 0.4) is 0 Å². The average molecular weight is 657 g/mol. The number of carbonyl (C=O) groups excluding carboxylic acids is 2. The number of hydrogen-bond donors (Lipinski definition) is 0. The van der Waals surface area contributed by atoms with Crippen molar-refractivity contribution in [2.45, 2.75) is 27.7 Å². The van der Waals surface area contributed by atoms with E-state index in [1.165, 1.54) is 0 Å². The van der Waals surface area contributed by atoms with Crippen molar-refractivity contribution >= 4 is 130 Å². The molecule has 0 N–H and O–H groups in total. The Bertz CT molecular complexity index is 1440. The quantitative estimate of drug-likeness (QED) is 0.206. The average Bonchev–Trinajstić information content (AvgIpc) is 3.51. The molecule has 0 atom stereocenters. The highest BCUT2D eigenvalue weighted by Crippen LogP contribution is 2.58. The van der Waals surface area contributed by atoms with Gasteiger partial charge in [-0.2, -0.15) is 0 Å². The Kier molecular flexibility index (Phi) is 5.66. The van der Waals surface area contributed by atoms with Crippen molar-refractivity contribution in [1.29, 1.82) is 0 Å². The van der Waals surface area contributed by atoms with Gasteiger partial charge >= 0.3 is 0 Å². The third-order valence-electron chi connectivity index (χ3n) is 5.88. The lowest BCUT2D eigenvalue weighted by molar-refractivity contribution is -0.114. The first-order valence-electron chi connectivity index (χ1n) is 11.0. The number of amides is 2. The van der Waals surface area contributed by atoms with E-state index in [2.05, 4.69) is 71.7 Å². The summed E-state index contributed by atoms with van der Waals surface area (Å²) in [6.07, 6.45) is 0. The monoisotopic (exact) mass is 654 g/mol. The Balaban J connectivity index is 1.65. The summed E-state index contributed by atoms with van der Waals surface area (Å²) in [6.45, 7) is 9.77. The molecule has 4 nitrogen and oxygen atoms in total. The molecule has 2 amide bonds. The number of anilines is 2. The first kappa shape index (κ1) is 23.4. The van der Waals surface area contributed by atoms with Gasteiger partial charge < -0.3 is 9.80 Å². The van der Waals surface area contributed by atoms with Crippen molar-refractivity contribution in [2.75, 3.05) is 22.9 Å². The van der Waals surface area contributed by atoms with Crippen LogP contribution >= 0.6 is 77.2 Å². The van der Waals surface area contributed by atoms with Gasteiger partial charge in [0.25, 0.3) is 11.8 Å². The van der Waals surface area contributed by atoms with Crippen molar-refractivity contribution in [1.82, 2.24) is 0 Å². The Morgan fingerprint density at radius 2 is 1.09 bits per heavy atom. The molecule has 176 valence electrons. The van der Waals surface area contributed by atoms with Crippen LogP contribution in [0, 0.1) is 11.8 Å². The van der Waals surface area contributed by atoms with Gasteiger partial charge in [-0.15, -0.1) is 45.3 Å². The molecule has 34 heavy (non-hydrogen) atoms. The topological polar surface area (TPSA) is 40.6 Å². The largest absolute Gasteiger partial charge is 0.305 e. The summed E-state index contributed by atoms with van der Waals surface area (Å²) < 4.78 is 6.67. The second-order valence-electron chi connectivity index (χ2n) is 9.42. The SMILES string of the molecule is CC(C)CN1C(=O)/C(=C2/C(=O)N(CC(C)C)c3c2sc2cc(Br)sc32)c2sc3cc(Br)sc3c21. The standard InChI is InChI=1S/C24H20Br2N2O2S4/c1-9(2)7-27-17-19-11(5-13(25)33-19)31-21(17)15(23(27)29)16-22-18(28(24(16)30)8-10(3)4)20-12(32-22)6-14(26)34-20/h5-6,9-10H,7-8H2,1-4H3/b16-15+. The third kappa shape index (κ3) is 3.36. The van der Waals surface area contributed by atoms with Crippen LogP contribution in [0.25, 0.3) is 29.9 Å². The number of rotatable bonds is 4. The zero-order valence-electron chi connectivity index (χ0n) is 18.8. The van der Waals surface area contributed by atoms with Crippen LogP contribution in [0.1, 0.15) is 37.4 Å². The van der Waals surface area contributed by atoms with E-state index in [-0.39, 0.29) is 11.8 Å². The number of thiophene rings is 4. The van der Waals surface area contributed by atoms with Crippen molar-refractivity contribution in [2.24, 2.45) is 11.8 Å². The third-order valence-corrected chi connectivity index (χ3v) is 11.7. The smallest absolute Gasteiger partial charge is 0.260 e. The maximum atomic E-state index is 14.0. The molecule has 0 fully saturated rings. The molecule has 4 aromatic rings. The van der Waals surface area contributed by atoms with Gasteiger partial charge in [-0.1, -0.05) is 27.7 Å². The molecule has 6 heterocycles. The first-order chi connectivity index (χ1) is 16.2. The summed E-state index contributed by atoms with van der Waals surface area (Å²) in [7, 11) is 0. The molecule has 0 aliphatic carbocycles. The minimum Gasteiger partial charge on any atom is -0.305 e. The van der Waals surface area contributed by atoms with E-state index in [1.807, 2.05) is 9.80 Å². The van der Waals surface area contributed by atoms with E-state index in [1.54, 1.807) is 45.3 Å². The van der Waals surface area contributed by atoms with Crippen LogP contribution < -0.4 is 9.80 Å². The second kappa shape index (κ2) is 8.24. The van der Waals surface area contributed by atoms with Gasteiger partial charge in [0.2, 0.25) is 0 Å². The molecule has 0 saturated heterocycles. The summed E-state index contributed by atoms with van der Waals surface area (Å²) in [6, 6.07) is 4.24. The predicted molar refractivity (Wildman–Crippen MR) is 156 cm³/mol. The highest BCUT2D eigenvalue weighted by Gasteiger charge is 2.46. The van der Waals surface area contributed by atoms with Gasteiger partial charge in [0, 0.05) is 22.5 Å². The van der Waals surface area contributed by atoms with Gasteiger partial charge in [0.15, 0.2) is 0 Å². The van der Waals surface area contributed by atoms with E-state index in [4.69, 9.17) is 0 Å². The number of halogens is 2. The zero-order chi connectivity index (χ0) is 24.0. The molecule has 0 aromatic carbocycles. The highest BCUT2D eigenvalue weighted by molar-refractivity contribution is 9.11. The molecular formula is C24H20Br2N2O2S4. The second-order valence-corrected chi connectivity index (χ2v) is 16.4. The summed E-state index contributed by atoms with van der Waals surface area (Å²) in [4.78, 5) is 33.7. The lowest BCUT2D eigenvalue weighted by atomic mass is 10.1. The Morgan fingerprint density at radius 1 is 0.706 bits per heavy atom. The number of hydrogen-bond acceptors (Lipinski definition) is 6. The van der Waals surface area contributed by atoms with Gasteiger partial charge in [-0.3, -0.25) is 9.59 Å². The van der Waals surface area contributed by atoms with Crippen LogP contribution in [0.4, 0.5) is 11.4 Å². The fourth-order valence-corrected chi connectivity index (χ4v) is 11.3. The zero-order valence-corrected chi connectivity index (χ0v) is 25.3. The van der Waals surface area contributed by atoms with Crippen molar-refractivity contribution in [3.63, 3.8) is 0 Å². The predicted octanol–water partition coefficient (Wildman–Crippen LogP) is 8.68. The maximum absolute atomic E-state index is 14.0. The fraction of sp³-hybridized carbons (Fsp3) is 0.333. The molecule has 0 unspecified atom stereocenters. The van der Waals surface area contributed by atoms with Crippen molar-refractivity contribution < 1.29 is 9.59 Å². The lowest BCUT2D eigenvalue weighted by Gasteiger charge is -2.20. The molecule has 0 bridgehead atoms. The summed E-state index contributed by atoms with van der Waals surface area (Å²) in [5.74, 6) is 0.549. The van der Waals surface area contributed by atoms with Crippen molar-refractivity contribution in [3.8, 4) is 0 Å². The molecule has 0 radical (unpaired) electrons. The minimum absolute atomic E-state index is 0.0417. The van der Waals surface area contributed by atoms with Crippen molar-refractivity contribution in [3.05, 3.63) is 29.5 Å².